The minimum absolute atomic E-state index is 0.0704. The molecule has 138 valence electrons. The fraction of sp³-hybridized carbons (Fsp3) is 0.286. The van der Waals surface area contributed by atoms with Gasteiger partial charge in [0.15, 0.2) is 6.61 Å². The largest absolute Gasteiger partial charge is 0.489 e. The van der Waals surface area contributed by atoms with Crippen molar-refractivity contribution in [2.45, 2.75) is 26.2 Å². The van der Waals surface area contributed by atoms with E-state index in [-0.39, 0.29) is 12.5 Å². The van der Waals surface area contributed by atoms with Crippen LogP contribution in [0.3, 0.4) is 0 Å². The molecule has 0 heterocycles. The summed E-state index contributed by atoms with van der Waals surface area (Å²) in [5.74, 6) is 1.57. The summed E-state index contributed by atoms with van der Waals surface area (Å²) in [5, 5.41) is 2.80. The monoisotopic (exact) mass is 417 g/mol. The number of nitrogens with one attached hydrogen (secondary N) is 1. The van der Waals surface area contributed by atoms with Gasteiger partial charge < -0.3 is 14.8 Å². The first kappa shape index (κ1) is 20.0. The molecule has 1 atom stereocenters. The van der Waals surface area contributed by atoms with Gasteiger partial charge in [-0.1, -0.05) is 38.6 Å². The van der Waals surface area contributed by atoms with Crippen LogP contribution in [0, 0.1) is 0 Å². The molecule has 2 rings (SSSR count). The Labute approximate surface area is 163 Å². The van der Waals surface area contributed by atoms with Crippen LogP contribution in [0.15, 0.2) is 59.6 Å². The highest BCUT2D eigenvalue weighted by atomic mass is 79.9. The van der Waals surface area contributed by atoms with E-state index in [9.17, 15) is 4.79 Å². The van der Waals surface area contributed by atoms with E-state index in [1.807, 2.05) is 30.3 Å². The number of carbonyl (C=O) groups excluding carboxylic acids is 1. The second-order valence-electron chi connectivity index (χ2n) is 5.96. The number of hydrogen-bond acceptors (Lipinski definition) is 3. The van der Waals surface area contributed by atoms with Crippen LogP contribution in [0.1, 0.15) is 31.7 Å². The van der Waals surface area contributed by atoms with Gasteiger partial charge in [-0.3, -0.25) is 4.79 Å². The highest BCUT2D eigenvalue weighted by molar-refractivity contribution is 9.10. The van der Waals surface area contributed by atoms with Crippen molar-refractivity contribution in [3.8, 4) is 11.5 Å². The van der Waals surface area contributed by atoms with Crippen molar-refractivity contribution in [2.24, 2.45) is 0 Å². The first-order chi connectivity index (χ1) is 12.5. The lowest BCUT2D eigenvalue weighted by Gasteiger charge is -2.13. The van der Waals surface area contributed by atoms with Crippen molar-refractivity contribution in [3.05, 3.63) is 65.2 Å². The van der Waals surface area contributed by atoms with Gasteiger partial charge in [-0.15, -0.1) is 0 Å². The number of rotatable bonds is 9. The lowest BCUT2D eigenvalue weighted by atomic mass is 9.99. The molecule has 0 fully saturated rings. The fourth-order valence-electron chi connectivity index (χ4n) is 2.34. The minimum atomic E-state index is -0.233. The molecule has 5 heteroatoms. The van der Waals surface area contributed by atoms with Gasteiger partial charge in [0.05, 0.1) is 4.47 Å². The minimum Gasteiger partial charge on any atom is -0.489 e. The maximum atomic E-state index is 12.1. The molecule has 0 bridgehead atoms. The van der Waals surface area contributed by atoms with E-state index in [0.29, 0.717) is 29.7 Å². The molecule has 0 saturated carbocycles. The van der Waals surface area contributed by atoms with Crippen molar-refractivity contribution in [3.63, 3.8) is 0 Å². The fourth-order valence-corrected chi connectivity index (χ4v) is 2.85. The molecule has 1 unspecified atom stereocenters. The molecular weight excluding hydrogens is 394 g/mol. The summed E-state index contributed by atoms with van der Waals surface area (Å²) in [6, 6.07) is 13.2. The average molecular weight is 418 g/mol. The van der Waals surface area contributed by atoms with Crippen LogP contribution in [0.25, 0.3) is 0 Å². The molecule has 2 aromatic carbocycles. The van der Waals surface area contributed by atoms with E-state index in [2.05, 4.69) is 41.7 Å². The zero-order chi connectivity index (χ0) is 18.9. The number of anilines is 1. The predicted octanol–water partition coefficient (Wildman–Crippen LogP) is 5.54. The standard InChI is InChI=1S/C21H24BrNO3/c1-4-11-25-18-8-6-7-17(13-18)23-21(24)14-26-20-10-9-16(12-19(20)22)15(3)5-2/h4,6-10,12-13,15H,1,5,11,14H2,2-3H3,(H,23,24). The second-order valence-corrected chi connectivity index (χ2v) is 6.82. The van der Waals surface area contributed by atoms with Gasteiger partial charge in [0.2, 0.25) is 0 Å². The number of halogens is 1. The molecule has 26 heavy (non-hydrogen) atoms. The van der Waals surface area contributed by atoms with Crippen LogP contribution in [-0.4, -0.2) is 19.1 Å². The van der Waals surface area contributed by atoms with Gasteiger partial charge >= 0.3 is 0 Å². The summed E-state index contributed by atoms with van der Waals surface area (Å²) < 4.78 is 11.9. The molecule has 4 nitrogen and oxygen atoms in total. The molecule has 0 spiro atoms. The molecule has 0 aromatic heterocycles. The maximum Gasteiger partial charge on any atom is 0.262 e. The van der Waals surface area contributed by atoms with Crippen molar-refractivity contribution >= 4 is 27.5 Å². The third-order valence-corrected chi connectivity index (χ3v) is 4.60. The normalized spacial score (nSPS) is 11.5. The molecule has 0 aliphatic heterocycles. The number of carbonyl (C=O) groups is 1. The van der Waals surface area contributed by atoms with Gasteiger partial charge in [-0.25, -0.2) is 0 Å². The highest BCUT2D eigenvalue weighted by Gasteiger charge is 2.10. The Morgan fingerprint density at radius 3 is 2.77 bits per heavy atom. The van der Waals surface area contributed by atoms with Crippen LogP contribution < -0.4 is 14.8 Å². The van der Waals surface area contributed by atoms with Crippen molar-refractivity contribution in [2.75, 3.05) is 18.5 Å². The van der Waals surface area contributed by atoms with Gasteiger partial charge in [0.1, 0.15) is 18.1 Å². The Morgan fingerprint density at radius 2 is 2.08 bits per heavy atom. The Hall–Kier alpha value is -2.27. The zero-order valence-corrected chi connectivity index (χ0v) is 16.7. The van der Waals surface area contributed by atoms with Gasteiger partial charge in [-0.2, -0.15) is 0 Å². The number of benzene rings is 2. The van der Waals surface area contributed by atoms with Crippen LogP contribution in [0.2, 0.25) is 0 Å². The van der Waals surface area contributed by atoms with E-state index >= 15 is 0 Å². The first-order valence-electron chi connectivity index (χ1n) is 8.59. The SMILES string of the molecule is C=CCOc1cccc(NC(=O)COc2ccc(C(C)CC)cc2Br)c1. The summed E-state index contributed by atoms with van der Waals surface area (Å²) in [5.41, 5.74) is 1.90. The van der Waals surface area contributed by atoms with Gasteiger partial charge in [0.25, 0.3) is 5.91 Å². The molecule has 1 N–H and O–H groups in total. The summed E-state index contributed by atoms with van der Waals surface area (Å²) >= 11 is 3.51. The number of hydrogen-bond donors (Lipinski definition) is 1. The van der Waals surface area contributed by atoms with Crippen molar-refractivity contribution in [1.82, 2.24) is 0 Å². The highest BCUT2D eigenvalue weighted by Crippen LogP contribution is 2.30. The summed E-state index contributed by atoms with van der Waals surface area (Å²) in [6.07, 6.45) is 2.74. The van der Waals surface area contributed by atoms with Gasteiger partial charge in [-0.05, 0) is 58.1 Å². The Morgan fingerprint density at radius 1 is 1.27 bits per heavy atom. The Kier molecular flexibility index (Phi) is 7.73. The van der Waals surface area contributed by atoms with E-state index < -0.39 is 0 Å². The van der Waals surface area contributed by atoms with E-state index in [1.165, 1.54) is 5.56 Å². The average Bonchev–Trinajstić information content (AvgIpc) is 2.65. The Bertz CT molecular complexity index is 761. The van der Waals surface area contributed by atoms with E-state index in [0.717, 1.165) is 10.9 Å². The summed E-state index contributed by atoms with van der Waals surface area (Å²) in [4.78, 5) is 12.1. The third kappa shape index (κ3) is 5.92. The van der Waals surface area contributed by atoms with Crippen molar-refractivity contribution in [1.29, 1.82) is 0 Å². The maximum absolute atomic E-state index is 12.1. The lowest BCUT2D eigenvalue weighted by Crippen LogP contribution is -2.20. The summed E-state index contributed by atoms with van der Waals surface area (Å²) in [6.45, 7) is 8.30. The van der Waals surface area contributed by atoms with Gasteiger partial charge in [0, 0.05) is 11.8 Å². The zero-order valence-electron chi connectivity index (χ0n) is 15.1. The molecular formula is C21H24BrNO3. The van der Waals surface area contributed by atoms with E-state index in [4.69, 9.17) is 9.47 Å². The Balaban J connectivity index is 1.91. The van der Waals surface area contributed by atoms with Crippen LogP contribution in [0.5, 0.6) is 11.5 Å². The van der Waals surface area contributed by atoms with Crippen LogP contribution >= 0.6 is 15.9 Å². The van der Waals surface area contributed by atoms with Crippen LogP contribution in [-0.2, 0) is 4.79 Å². The molecule has 0 radical (unpaired) electrons. The quantitative estimate of drug-likeness (QED) is 0.544. The molecule has 1 amide bonds. The molecule has 0 saturated heterocycles. The van der Waals surface area contributed by atoms with Crippen LogP contribution in [0.4, 0.5) is 5.69 Å². The smallest absolute Gasteiger partial charge is 0.262 e. The molecule has 0 aliphatic rings. The number of amides is 1. The van der Waals surface area contributed by atoms with Crippen molar-refractivity contribution < 1.29 is 14.3 Å². The first-order valence-corrected chi connectivity index (χ1v) is 9.38. The number of ether oxygens (including phenoxy) is 2. The lowest BCUT2D eigenvalue weighted by molar-refractivity contribution is -0.118. The topological polar surface area (TPSA) is 47.6 Å². The van der Waals surface area contributed by atoms with E-state index in [1.54, 1.807) is 18.2 Å². The second kappa shape index (κ2) is 10.0. The summed E-state index contributed by atoms with van der Waals surface area (Å²) in [7, 11) is 0. The predicted molar refractivity (Wildman–Crippen MR) is 109 cm³/mol. The molecule has 0 aliphatic carbocycles. The third-order valence-electron chi connectivity index (χ3n) is 3.98. The molecule has 2 aromatic rings.